The Bertz CT molecular complexity index is 543. The number of carbonyl (C=O) groups excluding carboxylic acids is 3. The van der Waals surface area contributed by atoms with Crippen LogP contribution in [0.25, 0.3) is 0 Å². The molecule has 2 bridgehead atoms. The fourth-order valence-corrected chi connectivity index (χ4v) is 1.87. The van der Waals surface area contributed by atoms with Crippen LogP contribution in [0.1, 0.15) is 11.7 Å². The zero-order valence-electron chi connectivity index (χ0n) is 9.03. The second-order valence-corrected chi connectivity index (χ2v) is 3.75. The van der Waals surface area contributed by atoms with E-state index in [2.05, 4.69) is 0 Å². The number of amides is 1. The maximum atomic E-state index is 12.0. The van der Waals surface area contributed by atoms with Crippen molar-refractivity contribution in [1.82, 2.24) is 0 Å². The first-order valence-electron chi connectivity index (χ1n) is 5.20. The third-order valence-corrected chi connectivity index (χ3v) is 2.63. The predicted molar refractivity (Wildman–Crippen MR) is 58.0 cm³/mol. The Morgan fingerprint density at radius 1 is 1.00 bits per heavy atom. The van der Waals surface area contributed by atoms with Gasteiger partial charge in [-0.1, -0.05) is 18.2 Å². The lowest BCUT2D eigenvalue weighted by Crippen LogP contribution is -2.31. The number of anilines is 1. The van der Waals surface area contributed by atoms with Gasteiger partial charge in [-0.2, -0.15) is 0 Å². The fraction of sp³-hybridized carbons (Fsp3) is 0.0833. The number of rotatable bonds is 0. The number of ether oxygens (including phenoxy) is 1. The summed E-state index contributed by atoms with van der Waals surface area (Å²) in [7, 11) is 0. The molecule has 0 aromatic heterocycles. The van der Waals surface area contributed by atoms with Gasteiger partial charge in [-0.25, -0.2) is 9.59 Å². The first kappa shape index (κ1) is 10.5. The first-order chi connectivity index (χ1) is 8.66. The third kappa shape index (κ3) is 1.46. The number of benzene rings is 1. The van der Waals surface area contributed by atoms with Crippen molar-refractivity contribution in [3.8, 4) is 0 Å². The molecule has 1 atom stereocenters. The van der Waals surface area contributed by atoms with Gasteiger partial charge in [0, 0.05) is 17.7 Å². The van der Waals surface area contributed by atoms with Gasteiger partial charge in [0.05, 0.1) is 5.69 Å². The summed E-state index contributed by atoms with van der Waals surface area (Å²) in [5.41, 5.74) is 0.905. The molecular weight excluding hydrogens is 238 g/mol. The minimum absolute atomic E-state index is 0.406. The van der Waals surface area contributed by atoms with Crippen molar-refractivity contribution in [2.24, 2.45) is 0 Å². The van der Waals surface area contributed by atoms with Crippen molar-refractivity contribution in [3.63, 3.8) is 0 Å². The van der Waals surface area contributed by atoms with Crippen molar-refractivity contribution in [3.05, 3.63) is 42.0 Å². The Kier molecular flexibility index (Phi) is 2.16. The lowest BCUT2D eigenvalue weighted by molar-refractivity contribution is -0.154. The van der Waals surface area contributed by atoms with Crippen LogP contribution < -0.4 is 5.06 Å². The molecular formula is C12H7NO5. The van der Waals surface area contributed by atoms with E-state index in [-0.39, 0.29) is 0 Å². The first-order valence-corrected chi connectivity index (χ1v) is 5.20. The molecule has 90 valence electrons. The molecule has 0 fully saturated rings. The highest BCUT2D eigenvalue weighted by atomic mass is 16.7. The van der Waals surface area contributed by atoms with Crippen LogP contribution in [-0.2, 0) is 24.0 Å². The summed E-state index contributed by atoms with van der Waals surface area (Å²) in [6.45, 7) is 0. The molecule has 2 aliphatic heterocycles. The van der Waals surface area contributed by atoms with Crippen LogP contribution in [0.2, 0.25) is 0 Å². The molecule has 6 heteroatoms. The van der Waals surface area contributed by atoms with E-state index in [1.54, 1.807) is 24.3 Å². The molecule has 1 aromatic rings. The largest absolute Gasteiger partial charge is 0.444 e. The van der Waals surface area contributed by atoms with E-state index in [4.69, 9.17) is 9.57 Å². The van der Waals surface area contributed by atoms with Crippen LogP contribution in [0.4, 0.5) is 5.69 Å². The van der Waals surface area contributed by atoms with Crippen molar-refractivity contribution >= 4 is 23.5 Å². The average Bonchev–Trinajstić information content (AvgIpc) is 2.64. The Hall–Kier alpha value is -2.63. The topological polar surface area (TPSA) is 72.9 Å². The smallest absolute Gasteiger partial charge is 0.356 e. The van der Waals surface area contributed by atoms with Gasteiger partial charge in [-0.3, -0.25) is 4.79 Å². The van der Waals surface area contributed by atoms with Gasteiger partial charge in [-0.15, -0.1) is 5.06 Å². The maximum Gasteiger partial charge on any atom is 0.356 e. The van der Waals surface area contributed by atoms with E-state index in [0.717, 1.165) is 17.2 Å². The minimum Gasteiger partial charge on any atom is -0.444 e. The van der Waals surface area contributed by atoms with E-state index in [1.807, 2.05) is 0 Å². The number of carbonyl (C=O) groups is 3. The van der Waals surface area contributed by atoms with E-state index < -0.39 is 23.9 Å². The number of esters is 1. The molecule has 18 heavy (non-hydrogen) atoms. The monoisotopic (exact) mass is 245 g/mol. The molecule has 3 rings (SSSR count). The quantitative estimate of drug-likeness (QED) is 0.627. The van der Waals surface area contributed by atoms with Gasteiger partial charge in [-0.05, 0) is 6.07 Å². The number of nitrogens with zero attached hydrogens (tertiary/aromatic N) is 1. The van der Waals surface area contributed by atoms with Crippen LogP contribution >= 0.6 is 0 Å². The number of fused-ring (bicyclic) bond motifs is 5. The molecule has 1 amide bonds. The third-order valence-electron chi connectivity index (χ3n) is 2.63. The molecule has 0 radical (unpaired) electrons. The standard InChI is InChI=1S/C12H7NO5/c14-9-5-6-10(15)18-13-8-4-2-1-3-7(8)11(17-9)12(13)16/h1-6,11H/b6-5+. The van der Waals surface area contributed by atoms with E-state index >= 15 is 0 Å². The van der Waals surface area contributed by atoms with E-state index in [1.165, 1.54) is 0 Å². The number of hydroxylamine groups is 1. The minimum atomic E-state index is -1.07. The predicted octanol–water partition coefficient (Wildman–Crippen LogP) is 0.645. The lowest BCUT2D eigenvalue weighted by Gasteiger charge is -2.14. The summed E-state index contributed by atoms with van der Waals surface area (Å²) in [4.78, 5) is 39.6. The summed E-state index contributed by atoms with van der Waals surface area (Å²) in [6, 6.07) is 6.66. The Morgan fingerprint density at radius 2 is 1.72 bits per heavy atom. The molecule has 0 spiro atoms. The van der Waals surface area contributed by atoms with E-state index in [0.29, 0.717) is 11.3 Å². The highest BCUT2D eigenvalue weighted by molar-refractivity contribution is 6.06. The number of hydrogen-bond acceptors (Lipinski definition) is 5. The Morgan fingerprint density at radius 3 is 2.56 bits per heavy atom. The summed E-state index contributed by atoms with van der Waals surface area (Å²) >= 11 is 0. The molecule has 0 N–H and O–H groups in total. The molecule has 2 heterocycles. The summed E-state index contributed by atoms with van der Waals surface area (Å²) in [5.74, 6) is -2.16. The lowest BCUT2D eigenvalue weighted by atomic mass is 10.1. The summed E-state index contributed by atoms with van der Waals surface area (Å²) in [5, 5.41) is 0.852. The maximum absolute atomic E-state index is 12.0. The molecule has 0 saturated heterocycles. The number of hydrogen-bond donors (Lipinski definition) is 0. The Balaban J connectivity index is 2.14. The highest BCUT2D eigenvalue weighted by Crippen LogP contribution is 2.38. The van der Waals surface area contributed by atoms with Crippen molar-refractivity contribution in [2.75, 3.05) is 5.06 Å². The van der Waals surface area contributed by atoms with Gasteiger partial charge in [0.15, 0.2) is 0 Å². The van der Waals surface area contributed by atoms with Gasteiger partial charge in [0.1, 0.15) is 0 Å². The fourth-order valence-electron chi connectivity index (χ4n) is 1.87. The van der Waals surface area contributed by atoms with E-state index in [9.17, 15) is 14.4 Å². The molecule has 0 aliphatic carbocycles. The average molecular weight is 245 g/mol. The normalized spacial score (nSPS) is 23.4. The molecule has 6 nitrogen and oxygen atoms in total. The number of para-hydroxylation sites is 1. The van der Waals surface area contributed by atoms with Crippen LogP contribution in [0.3, 0.4) is 0 Å². The molecule has 1 aromatic carbocycles. The molecule has 0 saturated carbocycles. The summed E-state index contributed by atoms with van der Waals surface area (Å²) < 4.78 is 5.00. The van der Waals surface area contributed by atoms with Crippen LogP contribution in [-0.4, -0.2) is 17.8 Å². The second-order valence-electron chi connectivity index (χ2n) is 3.75. The zero-order chi connectivity index (χ0) is 12.7. The van der Waals surface area contributed by atoms with Gasteiger partial charge in [0.2, 0.25) is 6.10 Å². The SMILES string of the molecule is O=C1/C=C/C(=O)ON2C(=O)C(O1)c1ccccc12. The van der Waals surface area contributed by atoms with Crippen LogP contribution in [0.15, 0.2) is 36.4 Å². The van der Waals surface area contributed by atoms with Gasteiger partial charge < -0.3 is 9.57 Å². The molecule has 1 unspecified atom stereocenters. The zero-order valence-corrected chi connectivity index (χ0v) is 9.03. The van der Waals surface area contributed by atoms with Crippen LogP contribution in [0.5, 0.6) is 0 Å². The second kappa shape index (κ2) is 3.69. The summed E-state index contributed by atoms with van der Waals surface area (Å²) in [6.07, 6.45) is 0.781. The van der Waals surface area contributed by atoms with Gasteiger partial charge >= 0.3 is 17.8 Å². The van der Waals surface area contributed by atoms with Crippen molar-refractivity contribution < 1.29 is 24.0 Å². The van der Waals surface area contributed by atoms with Crippen molar-refractivity contribution in [1.29, 1.82) is 0 Å². The van der Waals surface area contributed by atoms with Crippen LogP contribution in [0, 0.1) is 0 Å². The van der Waals surface area contributed by atoms with Gasteiger partial charge in [0.25, 0.3) is 0 Å². The molecule has 2 aliphatic rings. The van der Waals surface area contributed by atoms with Crippen molar-refractivity contribution in [2.45, 2.75) is 6.10 Å². The Labute approximate surface area is 101 Å². The highest BCUT2D eigenvalue weighted by Gasteiger charge is 2.42.